The van der Waals surface area contributed by atoms with Gasteiger partial charge in [-0.2, -0.15) is 0 Å². The number of nitro benzene ring substituents is 1. The van der Waals surface area contributed by atoms with Crippen molar-refractivity contribution in [2.45, 2.75) is 4.90 Å². The van der Waals surface area contributed by atoms with E-state index in [4.69, 9.17) is 11.6 Å². The fourth-order valence-corrected chi connectivity index (χ4v) is 3.92. The molecule has 1 N–H and O–H groups in total. The second-order valence-corrected chi connectivity index (χ2v) is 6.87. The van der Waals surface area contributed by atoms with Crippen molar-refractivity contribution in [2.24, 2.45) is 0 Å². The third kappa shape index (κ3) is 3.52. The molecular weight excluding hydrogens is 384 g/mol. The van der Waals surface area contributed by atoms with Gasteiger partial charge in [0.1, 0.15) is 4.90 Å². The van der Waals surface area contributed by atoms with E-state index in [9.17, 15) is 18.5 Å². The fraction of sp³-hybridized carbons (Fsp3) is 0. The van der Waals surface area contributed by atoms with Crippen molar-refractivity contribution in [3.8, 4) is 0 Å². The summed E-state index contributed by atoms with van der Waals surface area (Å²) in [5.74, 6) is 0. The van der Waals surface area contributed by atoms with E-state index in [-0.39, 0.29) is 21.3 Å². The number of hydrogen-bond donors (Lipinski definition) is 1. The SMILES string of the molecule is O=[N+]([O-])c1ccc(NS(=O)(=O)c2ccccc2Br)c(Cl)c1. The van der Waals surface area contributed by atoms with E-state index in [1.165, 1.54) is 18.2 Å². The van der Waals surface area contributed by atoms with E-state index in [1.807, 2.05) is 0 Å². The number of sulfonamides is 1. The summed E-state index contributed by atoms with van der Waals surface area (Å²) in [6, 6.07) is 9.77. The Morgan fingerprint density at radius 2 is 1.86 bits per heavy atom. The van der Waals surface area contributed by atoms with Crippen molar-refractivity contribution in [1.29, 1.82) is 0 Å². The Morgan fingerprint density at radius 3 is 2.43 bits per heavy atom. The molecule has 0 saturated carbocycles. The second-order valence-electron chi connectivity index (χ2n) is 3.96. The molecule has 0 spiro atoms. The van der Waals surface area contributed by atoms with E-state index in [1.54, 1.807) is 18.2 Å². The zero-order valence-corrected chi connectivity index (χ0v) is 13.4. The molecule has 9 heteroatoms. The predicted molar refractivity (Wildman–Crippen MR) is 83.1 cm³/mol. The van der Waals surface area contributed by atoms with Gasteiger partial charge in [-0.3, -0.25) is 14.8 Å². The number of halogens is 2. The van der Waals surface area contributed by atoms with Crippen LogP contribution in [-0.2, 0) is 10.0 Å². The maximum atomic E-state index is 12.3. The number of rotatable bonds is 4. The number of hydrogen-bond acceptors (Lipinski definition) is 4. The highest BCUT2D eigenvalue weighted by Crippen LogP contribution is 2.30. The number of nitrogens with zero attached hydrogens (tertiary/aromatic N) is 1. The summed E-state index contributed by atoms with van der Waals surface area (Å²) >= 11 is 9.02. The molecule has 0 atom stereocenters. The molecule has 0 bridgehead atoms. The van der Waals surface area contributed by atoms with Crippen LogP contribution in [0, 0.1) is 10.1 Å². The van der Waals surface area contributed by atoms with Crippen molar-refractivity contribution >= 4 is 48.9 Å². The first-order valence-corrected chi connectivity index (χ1v) is 8.18. The number of benzene rings is 2. The van der Waals surface area contributed by atoms with Gasteiger partial charge in [0.15, 0.2) is 0 Å². The summed E-state index contributed by atoms with van der Waals surface area (Å²) in [6.07, 6.45) is 0. The Morgan fingerprint density at radius 1 is 1.19 bits per heavy atom. The normalized spacial score (nSPS) is 11.1. The van der Waals surface area contributed by atoms with Crippen LogP contribution in [0.25, 0.3) is 0 Å². The zero-order valence-electron chi connectivity index (χ0n) is 10.3. The molecule has 2 aromatic rings. The van der Waals surface area contributed by atoms with Crippen LogP contribution in [0.2, 0.25) is 5.02 Å². The van der Waals surface area contributed by atoms with Crippen molar-refractivity contribution in [3.05, 3.63) is 62.1 Å². The summed E-state index contributed by atoms with van der Waals surface area (Å²) in [7, 11) is -3.85. The van der Waals surface area contributed by atoms with Crippen LogP contribution >= 0.6 is 27.5 Å². The first-order chi connectivity index (χ1) is 9.81. The van der Waals surface area contributed by atoms with Crippen LogP contribution in [0.1, 0.15) is 0 Å². The average Bonchev–Trinajstić information content (AvgIpc) is 2.41. The zero-order chi connectivity index (χ0) is 15.6. The summed E-state index contributed by atoms with van der Waals surface area (Å²) in [5.41, 5.74) is -0.151. The standard InChI is InChI=1S/C12H8BrClN2O4S/c13-9-3-1-2-4-12(9)21(19,20)15-11-6-5-8(16(17)18)7-10(11)14/h1-7,15H. The number of non-ortho nitro benzene ring substituents is 1. The minimum absolute atomic E-state index is 0.0411. The lowest BCUT2D eigenvalue weighted by atomic mass is 10.3. The van der Waals surface area contributed by atoms with Gasteiger partial charge in [-0.15, -0.1) is 0 Å². The molecule has 0 aliphatic heterocycles. The van der Waals surface area contributed by atoms with E-state index in [2.05, 4.69) is 20.7 Å². The third-order valence-electron chi connectivity index (χ3n) is 2.53. The fourth-order valence-electron chi connectivity index (χ4n) is 1.56. The second kappa shape index (κ2) is 6.00. The lowest BCUT2D eigenvalue weighted by Crippen LogP contribution is -2.13. The number of anilines is 1. The van der Waals surface area contributed by atoms with Crippen LogP contribution in [0.4, 0.5) is 11.4 Å². The summed E-state index contributed by atoms with van der Waals surface area (Å²) in [5, 5.41) is 10.6. The highest BCUT2D eigenvalue weighted by Gasteiger charge is 2.19. The maximum Gasteiger partial charge on any atom is 0.271 e. The van der Waals surface area contributed by atoms with Crippen LogP contribution in [0.3, 0.4) is 0 Å². The molecule has 0 unspecified atom stereocenters. The topological polar surface area (TPSA) is 89.3 Å². The van der Waals surface area contributed by atoms with Crippen molar-refractivity contribution in [3.63, 3.8) is 0 Å². The lowest BCUT2D eigenvalue weighted by Gasteiger charge is -2.10. The largest absolute Gasteiger partial charge is 0.278 e. The molecule has 0 aliphatic rings. The molecule has 6 nitrogen and oxygen atoms in total. The van der Waals surface area contributed by atoms with E-state index in [0.717, 1.165) is 6.07 Å². The first-order valence-electron chi connectivity index (χ1n) is 5.52. The van der Waals surface area contributed by atoms with Crippen LogP contribution in [0.15, 0.2) is 51.8 Å². The van der Waals surface area contributed by atoms with Gasteiger partial charge >= 0.3 is 0 Å². The molecule has 0 heterocycles. The Hall–Kier alpha value is -1.64. The van der Waals surface area contributed by atoms with Crippen molar-refractivity contribution in [2.75, 3.05) is 4.72 Å². The molecule has 0 saturated heterocycles. The first kappa shape index (κ1) is 15.7. The molecular formula is C12H8BrClN2O4S. The van der Waals surface area contributed by atoms with Gasteiger partial charge in [0.05, 0.1) is 15.6 Å². The van der Waals surface area contributed by atoms with Gasteiger partial charge in [0.2, 0.25) is 0 Å². The van der Waals surface area contributed by atoms with Gasteiger partial charge in [-0.05, 0) is 34.1 Å². The molecule has 0 aromatic heterocycles. The highest BCUT2D eigenvalue weighted by atomic mass is 79.9. The van der Waals surface area contributed by atoms with E-state index >= 15 is 0 Å². The smallest absolute Gasteiger partial charge is 0.271 e. The van der Waals surface area contributed by atoms with Crippen LogP contribution in [0.5, 0.6) is 0 Å². The summed E-state index contributed by atoms with van der Waals surface area (Å²) in [6.45, 7) is 0. The quantitative estimate of drug-likeness (QED) is 0.634. The summed E-state index contributed by atoms with van der Waals surface area (Å²) in [4.78, 5) is 10.0. The van der Waals surface area contributed by atoms with E-state index < -0.39 is 14.9 Å². The maximum absolute atomic E-state index is 12.3. The minimum atomic E-state index is -3.85. The van der Waals surface area contributed by atoms with Gasteiger partial charge < -0.3 is 0 Å². The van der Waals surface area contributed by atoms with Gasteiger partial charge in [0, 0.05) is 16.6 Å². The third-order valence-corrected chi connectivity index (χ3v) is 5.22. The molecule has 2 aromatic carbocycles. The van der Waals surface area contributed by atoms with Crippen molar-refractivity contribution in [1.82, 2.24) is 0 Å². The number of nitrogens with one attached hydrogen (secondary N) is 1. The molecule has 0 amide bonds. The van der Waals surface area contributed by atoms with Gasteiger partial charge in [0.25, 0.3) is 15.7 Å². The molecule has 0 radical (unpaired) electrons. The monoisotopic (exact) mass is 390 g/mol. The lowest BCUT2D eigenvalue weighted by molar-refractivity contribution is -0.384. The summed E-state index contributed by atoms with van der Waals surface area (Å²) < 4.78 is 27.2. The highest BCUT2D eigenvalue weighted by molar-refractivity contribution is 9.10. The molecule has 21 heavy (non-hydrogen) atoms. The predicted octanol–water partition coefficient (Wildman–Crippen LogP) is 3.81. The number of nitro groups is 1. The van der Waals surface area contributed by atoms with Crippen molar-refractivity contribution < 1.29 is 13.3 Å². The average molecular weight is 392 g/mol. The Bertz CT molecular complexity index is 811. The van der Waals surface area contributed by atoms with Gasteiger partial charge in [-0.25, -0.2) is 8.42 Å². The van der Waals surface area contributed by atoms with E-state index in [0.29, 0.717) is 4.47 Å². The molecule has 0 aliphatic carbocycles. The molecule has 0 fully saturated rings. The van der Waals surface area contributed by atoms with Crippen LogP contribution < -0.4 is 4.72 Å². The van der Waals surface area contributed by atoms with Gasteiger partial charge in [-0.1, -0.05) is 23.7 Å². The Balaban J connectivity index is 2.38. The van der Waals surface area contributed by atoms with Crippen LogP contribution in [-0.4, -0.2) is 13.3 Å². The Kier molecular flexibility index (Phi) is 4.50. The molecule has 2 rings (SSSR count). The Labute approximate surface area is 134 Å². The minimum Gasteiger partial charge on any atom is -0.278 e. The molecule has 110 valence electrons.